The van der Waals surface area contributed by atoms with Crippen molar-refractivity contribution < 1.29 is 14.0 Å². The van der Waals surface area contributed by atoms with Crippen LogP contribution < -0.4 is 5.32 Å². The van der Waals surface area contributed by atoms with Crippen LogP contribution >= 0.6 is 0 Å². The average molecular weight is 411 g/mol. The van der Waals surface area contributed by atoms with Gasteiger partial charge in [0.15, 0.2) is 0 Å². The van der Waals surface area contributed by atoms with E-state index in [-0.39, 0.29) is 24.2 Å². The van der Waals surface area contributed by atoms with Crippen LogP contribution in [0.4, 0.5) is 0 Å². The summed E-state index contributed by atoms with van der Waals surface area (Å²) in [4.78, 5) is 31.3. The minimum Gasteiger partial charge on any atom is -0.467 e. The van der Waals surface area contributed by atoms with Crippen LogP contribution in [0, 0.1) is 5.92 Å². The summed E-state index contributed by atoms with van der Waals surface area (Å²) in [5.74, 6) is 0.472. The Balaban J connectivity index is 1.13. The third-order valence-corrected chi connectivity index (χ3v) is 5.95. The maximum atomic E-state index is 12.5. The van der Waals surface area contributed by atoms with Gasteiger partial charge in [0.1, 0.15) is 5.76 Å². The second-order valence-corrected chi connectivity index (χ2v) is 8.15. The van der Waals surface area contributed by atoms with Gasteiger partial charge < -0.3 is 14.6 Å². The van der Waals surface area contributed by atoms with Gasteiger partial charge in [-0.15, -0.1) is 0 Å². The minimum absolute atomic E-state index is 0.0149. The van der Waals surface area contributed by atoms with E-state index in [1.165, 1.54) is 5.56 Å². The van der Waals surface area contributed by atoms with Crippen molar-refractivity contribution in [2.24, 2.45) is 5.92 Å². The summed E-state index contributed by atoms with van der Waals surface area (Å²) < 4.78 is 5.31. The van der Waals surface area contributed by atoms with Crippen molar-refractivity contribution in [3.63, 3.8) is 0 Å². The molecule has 2 fully saturated rings. The van der Waals surface area contributed by atoms with Crippen molar-refractivity contribution in [2.45, 2.75) is 19.5 Å². The molecule has 3 heterocycles. The Bertz CT molecular complexity index is 816. The summed E-state index contributed by atoms with van der Waals surface area (Å²) in [7, 11) is 0. The molecule has 1 aromatic heterocycles. The molecular formula is C23H30N4O3. The van der Waals surface area contributed by atoms with Crippen molar-refractivity contribution in [1.29, 1.82) is 0 Å². The Morgan fingerprint density at radius 3 is 2.50 bits per heavy atom. The molecule has 1 atom stereocenters. The Hall–Kier alpha value is -2.64. The molecule has 0 aliphatic carbocycles. The second kappa shape index (κ2) is 9.91. The van der Waals surface area contributed by atoms with Crippen molar-refractivity contribution in [3.8, 4) is 0 Å². The lowest BCUT2D eigenvalue weighted by Crippen LogP contribution is -2.48. The van der Waals surface area contributed by atoms with Gasteiger partial charge in [-0.05, 0) is 17.7 Å². The average Bonchev–Trinajstić information content (AvgIpc) is 3.40. The monoisotopic (exact) mass is 410 g/mol. The SMILES string of the molecule is O=C(NCCN1CCN(Cc2ccccc2)CC1)C1CC(=O)N(Cc2ccco2)C1. The summed E-state index contributed by atoms with van der Waals surface area (Å²) in [5.41, 5.74) is 1.35. The van der Waals surface area contributed by atoms with Gasteiger partial charge >= 0.3 is 0 Å². The van der Waals surface area contributed by atoms with Gasteiger partial charge in [-0.1, -0.05) is 30.3 Å². The molecule has 0 radical (unpaired) electrons. The van der Waals surface area contributed by atoms with Crippen molar-refractivity contribution in [3.05, 3.63) is 60.1 Å². The predicted molar refractivity (Wildman–Crippen MR) is 113 cm³/mol. The highest BCUT2D eigenvalue weighted by Gasteiger charge is 2.34. The van der Waals surface area contributed by atoms with Crippen LogP contribution in [0.2, 0.25) is 0 Å². The smallest absolute Gasteiger partial charge is 0.225 e. The largest absolute Gasteiger partial charge is 0.467 e. The summed E-state index contributed by atoms with van der Waals surface area (Å²) >= 11 is 0. The number of hydrogen-bond donors (Lipinski definition) is 1. The van der Waals surface area contributed by atoms with Crippen LogP contribution in [0.5, 0.6) is 0 Å². The summed E-state index contributed by atoms with van der Waals surface area (Å²) in [6.45, 7) is 7.48. The van der Waals surface area contributed by atoms with Gasteiger partial charge in [-0.25, -0.2) is 0 Å². The molecule has 0 spiro atoms. The van der Waals surface area contributed by atoms with E-state index >= 15 is 0 Å². The number of furan rings is 1. The van der Waals surface area contributed by atoms with E-state index in [0.29, 0.717) is 19.6 Å². The first-order valence-corrected chi connectivity index (χ1v) is 10.7. The Morgan fingerprint density at radius 2 is 1.77 bits per heavy atom. The highest BCUT2D eigenvalue weighted by molar-refractivity contribution is 5.89. The van der Waals surface area contributed by atoms with Crippen LogP contribution in [0.15, 0.2) is 53.1 Å². The number of carbonyl (C=O) groups is 2. The Kier molecular flexibility index (Phi) is 6.81. The molecular weight excluding hydrogens is 380 g/mol. The predicted octanol–water partition coefficient (Wildman–Crippen LogP) is 1.56. The van der Waals surface area contributed by atoms with Crippen LogP contribution in [0.3, 0.4) is 0 Å². The van der Waals surface area contributed by atoms with Crippen LogP contribution in [-0.4, -0.2) is 72.3 Å². The van der Waals surface area contributed by atoms with Gasteiger partial charge in [0.2, 0.25) is 11.8 Å². The van der Waals surface area contributed by atoms with Gasteiger partial charge in [0, 0.05) is 58.8 Å². The highest BCUT2D eigenvalue weighted by atomic mass is 16.3. The third-order valence-electron chi connectivity index (χ3n) is 5.95. The molecule has 1 unspecified atom stereocenters. The van der Waals surface area contributed by atoms with E-state index in [2.05, 4.69) is 39.4 Å². The molecule has 2 amide bonds. The maximum Gasteiger partial charge on any atom is 0.225 e. The standard InChI is InChI=1S/C23H30N4O3/c28-22-15-20(17-27(22)18-21-7-4-14-30-21)23(29)24-8-9-25-10-12-26(13-11-25)16-19-5-2-1-3-6-19/h1-7,14,20H,8-13,15-18H2,(H,24,29). The number of piperazine rings is 1. The lowest BCUT2D eigenvalue weighted by atomic mass is 10.1. The summed E-state index contributed by atoms with van der Waals surface area (Å²) in [6, 6.07) is 14.2. The first kappa shape index (κ1) is 20.6. The summed E-state index contributed by atoms with van der Waals surface area (Å²) in [6.07, 6.45) is 1.88. The molecule has 2 aliphatic rings. The van der Waals surface area contributed by atoms with Gasteiger partial charge in [-0.2, -0.15) is 0 Å². The van der Waals surface area contributed by atoms with E-state index in [9.17, 15) is 9.59 Å². The lowest BCUT2D eigenvalue weighted by molar-refractivity contribution is -0.129. The molecule has 0 bridgehead atoms. The van der Waals surface area contributed by atoms with Crippen molar-refractivity contribution in [2.75, 3.05) is 45.8 Å². The molecule has 160 valence electrons. The molecule has 2 aromatic rings. The molecule has 0 saturated carbocycles. The third kappa shape index (κ3) is 5.49. The zero-order valence-corrected chi connectivity index (χ0v) is 17.3. The number of nitrogens with one attached hydrogen (secondary N) is 1. The van der Waals surface area contributed by atoms with Gasteiger partial charge in [-0.3, -0.25) is 19.4 Å². The first-order chi connectivity index (χ1) is 14.7. The second-order valence-electron chi connectivity index (χ2n) is 8.15. The van der Waals surface area contributed by atoms with E-state index in [1.54, 1.807) is 11.2 Å². The number of carbonyl (C=O) groups excluding carboxylic acids is 2. The maximum absolute atomic E-state index is 12.5. The highest BCUT2D eigenvalue weighted by Crippen LogP contribution is 2.20. The fraction of sp³-hybridized carbons (Fsp3) is 0.478. The zero-order chi connectivity index (χ0) is 20.8. The molecule has 2 saturated heterocycles. The quantitative estimate of drug-likeness (QED) is 0.715. The fourth-order valence-electron chi connectivity index (χ4n) is 4.19. The van der Waals surface area contributed by atoms with Gasteiger partial charge in [0.05, 0.1) is 18.7 Å². The number of hydrogen-bond acceptors (Lipinski definition) is 5. The lowest BCUT2D eigenvalue weighted by Gasteiger charge is -2.34. The van der Waals surface area contributed by atoms with E-state index in [0.717, 1.165) is 45.0 Å². The number of amides is 2. The molecule has 2 aliphatic heterocycles. The van der Waals surface area contributed by atoms with Crippen molar-refractivity contribution >= 4 is 11.8 Å². The minimum atomic E-state index is -0.268. The molecule has 30 heavy (non-hydrogen) atoms. The zero-order valence-electron chi connectivity index (χ0n) is 17.3. The Labute approximate surface area is 177 Å². The molecule has 1 aromatic carbocycles. The first-order valence-electron chi connectivity index (χ1n) is 10.7. The Morgan fingerprint density at radius 1 is 1.00 bits per heavy atom. The van der Waals surface area contributed by atoms with E-state index < -0.39 is 0 Å². The number of likely N-dealkylation sites (tertiary alicyclic amines) is 1. The number of nitrogens with zero attached hydrogens (tertiary/aromatic N) is 3. The topological polar surface area (TPSA) is 69.0 Å². The van der Waals surface area contributed by atoms with Crippen molar-refractivity contribution in [1.82, 2.24) is 20.0 Å². The number of benzene rings is 1. The van der Waals surface area contributed by atoms with Crippen LogP contribution in [0.1, 0.15) is 17.7 Å². The van der Waals surface area contributed by atoms with Crippen LogP contribution in [0.25, 0.3) is 0 Å². The normalized spacial score (nSPS) is 20.6. The molecule has 4 rings (SSSR count). The molecule has 7 heteroatoms. The van der Waals surface area contributed by atoms with E-state index in [1.807, 2.05) is 18.2 Å². The van der Waals surface area contributed by atoms with E-state index in [4.69, 9.17) is 4.42 Å². The van der Waals surface area contributed by atoms with Gasteiger partial charge in [0.25, 0.3) is 0 Å². The molecule has 7 nitrogen and oxygen atoms in total. The summed E-state index contributed by atoms with van der Waals surface area (Å²) in [5, 5.41) is 3.03. The number of rotatable bonds is 8. The fourth-order valence-corrected chi connectivity index (χ4v) is 4.19. The molecule has 1 N–H and O–H groups in total. The van der Waals surface area contributed by atoms with Crippen LogP contribution in [-0.2, 0) is 22.7 Å².